The van der Waals surface area contributed by atoms with Crippen molar-refractivity contribution in [1.82, 2.24) is 0 Å². The van der Waals surface area contributed by atoms with Crippen LogP contribution in [0.1, 0.15) is 98.8 Å². The van der Waals surface area contributed by atoms with Crippen LogP contribution in [0, 0.1) is 51.2 Å². The molecule has 0 bridgehead atoms. The molecule has 1 unspecified atom stereocenters. The van der Waals surface area contributed by atoms with Gasteiger partial charge in [0.1, 0.15) is 12.1 Å². The van der Waals surface area contributed by atoms with Crippen LogP contribution in [0.5, 0.6) is 0 Å². The zero-order chi connectivity index (χ0) is 23.3. The number of nitrogens with two attached hydrogens (primary N) is 1. The molecule has 9 atom stereocenters. The Bertz CT molecular complexity index is 861. The van der Waals surface area contributed by atoms with Crippen LogP contribution in [0.15, 0.2) is 12.2 Å². The predicted molar refractivity (Wildman–Crippen MR) is 129 cm³/mol. The van der Waals surface area contributed by atoms with Gasteiger partial charge in [-0.3, -0.25) is 4.79 Å². The summed E-state index contributed by atoms with van der Waals surface area (Å²) in [5.74, 6) is 2.70. The van der Waals surface area contributed by atoms with Crippen LogP contribution < -0.4 is 5.73 Å². The summed E-state index contributed by atoms with van der Waals surface area (Å²) in [4.78, 5) is 25.4. The van der Waals surface area contributed by atoms with Crippen LogP contribution in [0.25, 0.3) is 0 Å². The molecule has 0 saturated heterocycles. The summed E-state index contributed by atoms with van der Waals surface area (Å²) in [6, 6.07) is 0. The van der Waals surface area contributed by atoms with E-state index in [0.717, 1.165) is 57.8 Å². The van der Waals surface area contributed by atoms with Crippen LogP contribution in [-0.4, -0.2) is 17.6 Å². The highest BCUT2D eigenvalue weighted by Crippen LogP contribution is 2.73. The van der Waals surface area contributed by atoms with Crippen molar-refractivity contribution in [2.45, 2.75) is 104 Å². The van der Waals surface area contributed by atoms with E-state index in [0.29, 0.717) is 35.4 Å². The Morgan fingerprint density at radius 3 is 2.34 bits per heavy atom. The van der Waals surface area contributed by atoms with E-state index < -0.39 is 0 Å². The molecule has 0 aliphatic heterocycles. The molecule has 5 aliphatic carbocycles. The molecule has 178 valence electrons. The van der Waals surface area contributed by atoms with Gasteiger partial charge in [0.2, 0.25) is 0 Å². The lowest BCUT2D eigenvalue weighted by atomic mass is 9.34. The molecule has 5 rings (SSSR count). The molecular weight excluding hydrogens is 394 g/mol. The van der Waals surface area contributed by atoms with Crippen LogP contribution in [0.4, 0.5) is 0 Å². The molecule has 5 saturated carbocycles. The Hall–Kier alpha value is -0.960. The van der Waals surface area contributed by atoms with Crippen molar-refractivity contribution in [3.05, 3.63) is 12.2 Å². The summed E-state index contributed by atoms with van der Waals surface area (Å²) >= 11 is 0. The smallest absolute Gasteiger partial charge is 0.138 e. The van der Waals surface area contributed by atoms with Crippen molar-refractivity contribution < 1.29 is 9.59 Å². The van der Waals surface area contributed by atoms with Crippen LogP contribution in [-0.2, 0) is 9.59 Å². The Kier molecular flexibility index (Phi) is 4.85. The summed E-state index contributed by atoms with van der Waals surface area (Å²) in [6.07, 6.45) is 11.7. The van der Waals surface area contributed by atoms with Gasteiger partial charge in [-0.25, -0.2) is 0 Å². The first-order chi connectivity index (χ1) is 14.9. The number of ketones is 1. The molecule has 2 N–H and O–H groups in total. The lowest BCUT2D eigenvalue weighted by Crippen LogP contribution is -2.73. The Labute approximate surface area is 195 Å². The highest BCUT2D eigenvalue weighted by atomic mass is 16.1. The van der Waals surface area contributed by atoms with Gasteiger partial charge in [0.25, 0.3) is 0 Å². The maximum atomic E-state index is 12.9. The van der Waals surface area contributed by atoms with Gasteiger partial charge in [0.05, 0.1) is 0 Å². The standard InChI is InChI=1S/C29H45NO2/c1-18(2)19-9-14-28(17-31)15-16-29(30)20(24(19)28)7-8-22-26(5)12-11-23(32)25(3,4)21(26)10-13-27(22,29)6/h17,19-22,24H,1,7-16,30H2,2-6H3/t19-,20+,21-,22+,24+,26-,27+,28?,29-/m0/s1. The number of hydrogen-bond donors (Lipinski definition) is 1. The number of carbonyl (C=O) groups excluding carboxylic acids is 2. The Morgan fingerprint density at radius 1 is 0.969 bits per heavy atom. The van der Waals surface area contributed by atoms with E-state index >= 15 is 0 Å². The third-order valence-corrected chi connectivity index (χ3v) is 12.6. The fourth-order valence-corrected chi connectivity index (χ4v) is 10.9. The van der Waals surface area contributed by atoms with E-state index in [-0.39, 0.29) is 27.2 Å². The second-order valence-corrected chi connectivity index (χ2v) is 13.8. The zero-order valence-electron chi connectivity index (χ0n) is 21.1. The van der Waals surface area contributed by atoms with Gasteiger partial charge < -0.3 is 10.5 Å². The SMILES string of the molecule is C=C(C)[C@@H]1CCC2(C=O)CC[C@]3(N)[C@H](CC[C@@H]4[C@@]5(C)CCC(=O)C(C)(C)[C@@H]5CC[C@]43C)[C@@H]12. The summed E-state index contributed by atoms with van der Waals surface area (Å²) in [5.41, 5.74) is 8.54. The minimum atomic E-state index is -0.220. The van der Waals surface area contributed by atoms with Crippen molar-refractivity contribution >= 4 is 12.1 Å². The van der Waals surface area contributed by atoms with Crippen molar-refractivity contribution in [2.75, 3.05) is 0 Å². The average molecular weight is 440 g/mol. The van der Waals surface area contributed by atoms with Crippen LogP contribution >= 0.6 is 0 Å². The van der Waals surface area contributed by atoms with Crippen molar-refractivity contribution in [2.24, 2.45) is 57.0 Å². The normalized spacial score (nSPS) is 54.1. The fourth-order valence-electron chi connectivity index (χ4n) is 10.9. The second-order valence-electron chi connectivity index (χ2n) is 13.8. The molecule has 0 aromatic rings. The third kappa shape index (κ3) is 2.53. The maximum Gasteiger partial charge on any atom is 0.138 e. The number of Topliss-reactive ketones (excluding diaryl/α,β-unsaturated/α-hetero) is 1. The molecule has 32 heavy (non-hydrogen) atoms. The molecule has 0 amide bonds. The van der Waals surface area contributed by atoms with Gasteiger partial charge in [0.15, 0.2) is 0 Å². The minimum Gasteiger partial charge on any atom is -0.324 e. The topological polar surface area (TPSA) is 60.2 Å². The first kappa shape index (κ1) is 22.8. The van der Waals surface area contributed by atoms with Crippen molar-refractivity contribution in [3.8, 4) is 0 Å². The van der Waals surface area contributed by atoms with E-state index in [1.807, 2.05) is 0 Å². The van der Waals surface area contributed by atoms with E-state index in [1.54, 1.807) is 0 Å². The zero-order valence-corrected chi connectivity index (χ0v) is 21.1. The van der Waals surface area contributed by atoms with E-state index in [1.165, 1.54) is 18.3 Å². The number of allylic oxidation sites excluding steroid dienone is 1. The number of rotatable bonds is 2. The lowest BCUT2D eigenvalue weighted by molar-refractivity contribution is -0.204. The average Bonchev–Trinajstić information content (AvgIpc) is 3.12. The molecule has 0 heterocycles. The number of hydrogen-bond acceptors (Lipinski definition) is 3. The summed E-state index contributed by atoms with van der Waals surface area (Å²) in [7, 11) is 0. The van der Waals surface area contributed by atoms with E-state index in [4.69, 9.17) is 5.73 Å². The maximum absolute atomic E-state index is 12.9. The van der Waals surface area contributed by atoms with Gasteiger partial charge in [-0.2, -0.15) is 0 Å². The summed E-state index contributed by atoms with van der Waals surface area (Å²) in [6.45, 7) is 15.9. The van der Waals surface area contributed by atoms with Crippen LogP contribution in [0.2, 0.25) is 0 Å². The van der Waals surface area contributed by atoms with Gasteiger partial charge in [-0.1, -0.05) is 39.8 Å². The number of fused-ring (bicyclic) bond motifs is 7. The first-order valence-electron chi connectivity index (χ1n) is 13.3. The van der Waals surface area contributed by atoms with E-state index in [9.17, 15) is 9.59 Å². The molecule has 0 aromatic heterocycles. The molecule has 3 heteroatoms. The second kappa shape index (κ2) is 6.80. The van der Waals surface area contributed by atoms with E-state index in [2.05, 4.69) is 41.2 Å². The fraction of sp³-hybridized carbons (Fsp3) is 0.862. The highest BCUT2D eigenvalue weighted by Gasteiger charge is 2.71. The molecule has 3 nitrogen and oxygen atoms in total. The number of aldehydes is 1. The first-order valence-corrected chi connectivity index (χ1v) is 13.3. The van der Waals surface area contributed by atoms with Gasteiger partial charge in [-0.15, -0.1) is 0 Å². The van der Waals surface area contributed by atoms with Crippen molar-refractivity contribution in [1.29, 1.82) is 0 Å². The molecule has 5 aliphatic rings. The number of carbonyl (C=O) groups is 2. The monoisotopic (exact) mass is 439 g/mol. The lowest BCUT2D eigenvalue weighted by Gasteiger charge is -2.71. The molecule has 0 spiro atoms. The summed E-state index contributed by atoms with van der Waals surface area (Å²) < 4.78 is 0. The predicted octanol–water partition coefficient (Wildman–Crippen LogP) is 6.10. The van der Waals surface area contributed by atoms with Gasteiger partial charge >= 0.3 is 0 Å². The highest BCUT2D eigenvalue weighted by molar-refractivity contribution is 5.85. The van der Waals surface area contributed by atoms with Gasteiger partial charge in [-0.05, 0) is 105 Å². The van der Waals surface area contributed by atoms with Gasteiger partial charge in [0, 0.05) is 22.8 Å². The molecule has 5 fully saturated rings. The third-order valence-electron chi connectivity index (χ3n) is 12.6. The molecular formula is C29H45NO2. The molecule has 0 radical (unpaired) electrons. The quantitative estimate of drug-likeness (QED) is 0.417. The largest absolute Gasteiger partial charge is 0.324 e. The Morgan fingerprint density at radius 2 is 1.69 bits per heavy atom. The Balaban J connectivity index is 1.56. The summed E-state index contributed by atoms with van der Waals surface area (Å²) in [5, 5.41) is 0. The van der Waals surface area contributed by atoms with Crippen molar-refractivity contribution in [3.63, 3.8) is 0 Å². The van der Waals surface area contributed by atoms with Crippen LogP contribution in [0.3, 0.4) is 0 Å². The molecule has 0 aromatic carbocycles. The minimum absolute atomic E-state index is 0.0783.